The number of hydrogen-bond donors (Lipinski definition) is 1. The van der Waals surface area contributed by atoms with Gasteiger partial charge < -0.3 is 4.90 Å². The molecular weight excluding hydrogens is 149 g/mol. The van der Waals surface area contributed by atoms with Crippen molar-refractivity contribution in [3.8, 4) is 0 Å². The van der Waals surface area contributed by atoms with Gasteiger partial charge in [-0.1, -0.05) is 0 Å². The van der Waals surface area contributed by atoms with Gasteiger partial charge in [-0.05, 0) is 0 Å². The third-order valence-corrected chi connectivity index (χ3v) is 0.917. The Morgan fingerprint density at radius 2 is 2.12 bits per heavy atom. The molecule has 8 heavy (non-hydrogen) atoms. The summed E-state index contributed by atoms with van der Waals surface area (Å²) >= 11 is 10.2. The van der Waals surface area contributed by atoms with Crippen LogP contribution in [0.2, 0.25) is 0 Å². The van der Waals surface area contributed by atoms with Crippen LogP contribution < -0.4 is 4.84 Å². The molecule has 0 saturated carbocycles. The SMILES string of the molecule is CN(C)C(=NCl)NCl. The van der Waals surface area contributed by atoms with E-state index in [-0.39, 0.29) is 0 Å². The number of rotatable bonds is 0. The van der Waals surface area contributed by atoms with Crippen LogP contribution in [0.25, 0.3) is 0 Å². The van der Waals surface area contributed by atoms with Crippen molar-refractivity contribution in [2.75, 3.05) is 14.1 Å². The number of nitrogens with zero attached hydrogens (tertiary/aromatic N) is 2. The molecule has 0 aromatic carbocycles. The molecule has 0 aromatic rings. The van der Waals surface area contributed by atoms with Crippen LogP contribution in [0.4, 0.5) is 0 Å². The van der Waals surface area contributed by atoms with Gasteiger partial charge in [-0.3, -0.25) is 4.84 Å². The Balaban J connectivity index is 3.72. The molecule has 0 aliphatic heterocycles. The van der Waals surface area contributed by atoms with Gasteiger partial charge in [-0.15, -0.1) is 4.51 Å². The van der Waals surface area contributed by atoms with E-state index in [2.05, 4.69) is 9.35 Å². The van der Waals surface area contributed by atoms with Crippen molar-refractivity contribution in [3.63, 3.8) is 0 Å². The minimum atomic E-state index is 0.424. The highest BCUT2D eigenvalue weighted by Gasteiger charge is 1.94. The largest absolute Gasteiger partial charge is 0.347 e. The lowest BCUT2D eigenvalue weighted by Gasteiger charge is -2.10. The van der Waals surface area contributed by atoms with E-state index >= 15 is 0 Å². The molecule has 0 atom stereocenters. The second-order valence-electron chi connectivity index (χ2n) is 1.40. The highest BCUT2D eigenvalue weighted by atomic mass is 35.5. The van der Waals surface area contributed by atoms with E-state index in [1.165, 1.54) is 0 Å². The summed E-state index contributed by atoms with van der Waals surface area (Å²) in [6, 6.07) is 0. The third kappa shape index (κ3) is 2.23. The molecule has 0 amide bonds. The Hall–Kier alpha value is -0.150. The van der Waals surface area contributed by atoms with E-state index in [0.717, 1.165) is 0 Å². The van der Waals surface area contributed by atoms with Crippen LogP contribution in [0.5, 0.6) is 0 Å². The van der Waals surface area contributed by atoms with Gasteiger partial charge in [-0.2, -0.15) is 0 Å². The molecule has 0 aliphatic carbocycles. The maximum Gasteiger partial charge on any atom is 0.225 e. The van der Waals surface area contributed by atoms with E-state index in [4.69, 9.17) is 23.6 Å². The summed E-state index contributed by atoms with van der Waals surface area (Å²) in [5.41, 5.74) is 0. The van der Waals surface area contributed by atoms with Crippen molar-refractivity contribution < 1.29 is 0 Å². The summed E-state index contributed by atoms with van der Waals surface area (Å²) < 4.78 is 3.28. The maximum atomic E-state index is 5.16. The van der Waals surface area contributed by atoms with Gasteiger partial charge in [0.25, 0.3) is 0 Å². The lowest BCUT2D eigenvalue weighted by molar-refractivity contribution is 0.610. The van der Waals surface area contributed by atoms with Crippen molar-refractivity contribution in [2.45, 2.75) is 0 Å². The summed E-state index contributed by atoms with van der Waals surface area (Å²) in [6.07, 6.45) is 0. The van der Waals surface area contributed by atoms with Crippen LogP contribution >= 0.6 is 23.6 Å². The number of hydrogen-bond acceptors (Lipinski definition) is 1. The molecule has 0 radical (unpaired) electrons. The highest BCUT2D eigenvalue weighted by molar-refractivity contribution is 6.26. The fraction of sp³-hybridized carbons (Fsp3) is 0.667. The zero-order valence-electron chi connectivity index (χ0n) is 4.65. The third-order valence-electron chi connectivity index (χ3n) is 0.588. The molecule has 0 spiro atoms. The smallest absolute Gasteiger partial charge is 0.225 e. The van der Waals surface area contributed by atoms with Crippen molar-refractivity contribution in [2.24, 2.45) is 4.51 Å². The van der Waals surface area contributed by atoms with E-state index in [1.807, 2.05) is 0 Å². The molecular formula is C3H7Cl2N3. The Bertz CT molecular complexity index is 90.5. The van der Waals surface area contributed by atoms with Crippen molar-refractivity contribution in [1.29, 1.82) is 0 Å². The predicted molar refractivity (Wildman–Crippen MR) is 36.0 cm³/mol. The molecule has 0 heterocycles. The lowest BCUT2D eigenvalue weighted by Crippen LogP contribution is -2.29. The first-order chi connectivity index (χ1) is 3.72. The summed E-state index contributed by atoms with van der Waals surface area (Å²) in [5.74, 6) is 0.424. The van der Waals surface area contributed by atoms with Gasteiger partial charge in [0.15, 0.2) is 0 Å². The fourth-order valence-electron chi connectivity index (χ4n) is 0.176. The molecule has 0 aromatic heterocycles. The van der Waals surface area contributed by atoms with Crippen molar-refractivity contribution in [1.82, 2.24) is 9.74 Å². The molecule has 1 N–H and O–H groups in total. The molecule has 0 saturated heterocycles. The van der Waals surface area contributed by atoms with E-state index in [0.29, 0.717) is 5.96 Å². The van der Waals surface area contributed by atoms with Gasteiger partial charge in [0.2, 0.25) is 5.96 Å². The zero-order valence-corrected chi connectivity index (χ0v) is 6.16. The highest BCUT2D eigenvalue weighted by Crippen LogP contribution is 1.83. The number of guanidine groups is 1. The van der Waals surface area contributed by atoms with Crippen molar-refractivity contribution >= 4 is 29.5 Å². The molecule has 48 valence electrons. The number of halogens is 2. The second kappa shape index (κ2) is 3.80. The van der Waals surface area contributed by atoms with E-state index < -0.39 is 0 Å². The Morgan fingerprint density at radius 3 is 2.12 bits per heavy atom. The molecule has 0 fully saturated rings. The van der Waals surface area contributed by atoms with Crippen molar-refractivity contribution in [3.05, 3.63) is 0 Å². The first kappa shape index (κ1) is 7.85. The van der Waals surface area contributed by atoms with Crippen LogP contribution in [0.3, 0.4) is 0 Å². The first-order valence-corrected chi connectivity index (χ1v) is 2.67. The molecule has 5 heteroatoms. The quantitative estimate of drug-likeness (QED) is 0.319. The molecule has 0 bridgehead atoms. The minimum absolute atomic E-state index is 0.424. The fourth-order valence-corrected chi connectivity index (χ4v) is 0.624. The van der Waals surface area contributed by atoms with Crippen LogP contribution in [0.1, 0.15) is 0 Å². The van der Waals surface area contributed by atoms with Crippen LogP contribution in [0, 0.1) is 0 Å². The van der Waals surface area contributed by atoms with Gasteiger partial charge in [0, 0.05) is 37.6 Å². The van der Waals surface area contributed by atoms with Gasteiger partial charge in [-0.25, -0.2) is 0 Å². The van der Waals surface area contributed by atoms with Crippen LogP contribution in [-0.4, -0.2) is 25.0 Å². The van der Waals surface area contributed by atoms with Gasteiger partial charge in [0.1, 0.15) is 0 Å². The molecule has 0 unspecified atom stereocenters. The Labute approximate surface area is 58.5 Å². The van der Waals surface area contributed by atoms with E-state index in [1.54, 1.807) is 19.0 Å². The van der Waals surface area contributed by atoms with Crippen LogP contribution in [0.15, 0.2) is 4.51 Å². The summed E-state index contributed by atoms with van der Waals surface area (Å²) in [7, 11) is 3.55. The molecule has 0 rings (SSSR count). The van der Waals surface area contributed by atoms with E-state index in [9.17, 15) is 0 Å². The average Bonchev–Trinajstić information content (AvgIpc) is 1.69. The molecule has 3 nitrogen and oxygen atoms in total. The lowest BCUT2D eigenvalue weighted by atomic mass is 10.8. The summed E-state index contributed by atoms with van der Waals surface area (Å²) in [6.45, 7) is 0. The first-order valence-electron chi connectivity index (χ1n) is 1.95. The number of nitrogens with one attached hydrogen (secondary N) is 1. The standard InChI is InChI=1S/C3H7Cl2N3/c1-8(2)3(6-4)7-5/h1-2H3,(H,6,7). The second-order valence-corrected chi connectivity index (χ2v) is 1.76. The topological polar surface area (TPSA) is 27.6 Å². The summed E-state index contributed by atoms with van der Waals surface area (Å²) in [5, 5.41) is 0. The predicted octanol–water partition coefficient (Wildman–Crippen LogP) is 0.801. The normalized spacial score (nSPS) is 11.2. The van der Waals surface area contributed by atoms with Gasteiger partial charge >= 0.3 is 0 Å². The molecule has 0 aliphatic rings. The van der Waals surface area contributed by atoms with Crippen LogP contribution in [-0.2, 0) is 0 Å². The minimum Gasteiger partial charge on any atom is -0.347 e. The Kier molecular flexibility index (Phi) is 3.73. The van der Waals surface area contributed by atoms with Gasteiger partial charge in [0.05, 0.1) is 0 Å². The summed E-state index contributed by atoms with van der Waals surface area (Å²) in [4.78, 5) is 3.92. The average molecular weight is 156 g/mol. The zero-order chi connectivity index (χ0) is 6.57. The monoisotopic (exact) mass is 155 g/mol. The maximum absolute atomic E-state index is 5.16. The Morgan fingerprint density at radius 1 is 1.62 bits per heavy atom.